The van der Waals surface area contributed by atoms with Crippen LogP contribution in [-0.2, 0) is 9.22 Å². The van der Waals surface area contributed by atoms with Crippen molar-refractivity contribution < 1.29 is 9.22 Å². The highest BCUT2D eigenvalue weighted by molar-refractivity contribution is 6.01. The van der Waals surface area contributed by atoms with E-state index in [2.05, 4.69) is 19.9 Å². The largest absolute Gasteiger partial charge is 0.342 e. The van der Waals surface area contributed by atoms with Gasteiger partial charge in [0, 0.05) is 24.0 Å². The summed E-state index contributed by atoms with van der Waals surface area (Å²) in [6.07, 6.45) is 7.66. The van der Waals surface area contributed by atoms with Crippen LogP contribution in [0.2, 0.25) is 0 Å². The number of carbonyl (C=O) groups is 1. The standard InChI is InChI=1S/C13H19O2/c1-10-9-12(15-4)6-8-13(10,3)7-5-11(2)14/h6,8-9H,5,7H2,1-4H3/q+1. The van der Waals surface area contributed by atoms with Crippen LogP contribution in [0.3, 0.4) is 0 Å². The second-order valence-electron chi connectivity index (χ2n) is 4.39. The van der Waals surface area contributed by atoms with E-state index in [1.165, 1.54) is 5.57 Å². The molecule has 0 aromatic heterocycles. The third-order valence-electron chi connectivity index (χ3n) is 3.11. The van der Waals surface area contributed by atoms with Gasteiger partial charge in [0.1, 0.15) is 5.78 Å². The fraction of sp³-hybridized carbons (Fsp3) is 0.538. The number of ketones is 2. The fourth-order valence-electron chi connectivity index (χ4n) is 1.67. The maximum absolute atomic E-state index is 11.0. The van der Waals surface area contributed by atoms with Crippen LogP contribution >= 0.6 is 0 Å². The topological polar surface area (TPSA) is 28.4 Å². The first-order chi connectivity index (χ1) is 6.98. The summed E-state index contributed by atoms with van der Waals surface area (Å²) in [7, 11) is 1.67. The van der Waals surface area contributed by atoms with Gasteiger partial charge >= 0.3 is 5.78 Å². The number of carbonyl (C=O) groups excluding carboxylic acids is 2. The van der Waals surface area contributed by atoms with Gasteiger partial charge in [0.2, 0.25) is 0 Å². The second-order valence-corrected chi connectivity index (χ2v) is 4.39. The number of hydrogen-bond donors (Lipinski definition) is 0. The molecule has 2 nitrogen and oxygen atoms in total. The zero-order valence-corrected chi connectivity index (χ0v) is 9.96. The molecule has 0 fully saturated rings. The Morgan fingerprint density at radius 1 is 1.53 bits per heavy atom. The molecular weight excluding hydrogens is 188 g/mol. The molecule has 1 unspecified atom stereocenters. The van der Waals surface area contributed by atoms with E-state index in [1.807, 2.05) is 12.2 Å². The SMILES string of the molecule is C[O+]=C1C=CC(C)(CCC(C)=O)C(C)=C1. The molecule has 2 heteroatoms. The zero-order chi connectivity index (χ0) is 11.5. The third-order valence-corrected chi connectivity index (χ3v) is 3.11. The molecule has 1 aliphatic carbocycles. The average molecular weight is 207 g/mol. The Labute approximate surface area is 91.4 Å². The van der Waals surface area contributed by atoms with Crippen LogP contribution in [0.1, 0.15) is 33.6 Å². The summed E-state index contributed by atoms with van der Waals surface area (Å²) in [4.78, 5) is 11.0. The molecule has 0 amide bonds. The molecule has 0 aromatic rings. The van der Waals surface area contributed by atoms with Crippen molar-refractivity contribution in [3.8, 4) is 0 Å². The lowest BCUT2D eigenvalue weighted by molar-refractivity contribution is -0.417. The molecule has 1 atom stereocenters. The molecule has 0 heterocycles. The molecule has 0 saturated carbocycles. The third kappa shape index (κ3) is 2.88. The lowest BCUT2D eigenvalue weighted by Gasteiger charge is -2.28. The highest BCUT2D eigenvalue weighted by Gasteiger charge is 2.28. The van der Waals surface area contributed by atoms with E-state index in [0.717, 1.165) is 12.2 Å². The molecule has 15 heavy (non-hydrogen) atoms. The summed E-state index contributed by atoms with van der Waals surface area (Å²) in [6.45, 7) is 5.88. The summed E-state index contributed by atoms with van der Waals surface area (Å²) < 4.78 is 5.17. The molecule has 1 aliphatic rings. The van der Waals surface area contributed by atoms with Crippen molar-refractivity contribution in [2.24, 2.45) is 5.41 Å². The van der Waals surface area contributed by atoms with Crippen molar-refractivity contribution >= 4 is 11.6 Å². The molecule has 0 spiro atoms. The maximum atomic E-state index is 11.0. The molecular formula is C13H19O2+. The average Bonchev–Trinajstić information content (AvgIpc) is 2.20. The second kappa shape index (κ2) is 4.56. The van der Waals surface area contributed by atoms with E-state index >= 15 is 0 Å². The van der Waals surface area contributed by atoms with Crippen LogP contribution < -0.4 is 0 Å². The van der Waals surface area contributed by atoms with E-state index in [4.69, 9.17) is 4.42 Å². The summed E-state index contributed by atoms with van der Waals surface area (Å²) in [5.74, 6) is 1.13. The highest BCUT2D eigenvalue weighted by Crippen LogP contribution is 2.35. The Balaban J connectivity index is 2.79. The number of rotatable bonds is 3. The van der Waals surface area contributed by atoms with Crippen LogP contribution in [0.25, 0.3) is 0 Å². The van der Waals surface area contributed by atoms with Gasteiger partial charge in [-0.25, -0.2) is 0 Å². The Kier molecular flexibility index (Phi) is 3.61. The van der Waals surface area contributed by atoms with Gasteiger partial charge in [-0.1, -0.05) is 18.6 Å². The van der Waals surface area contributed by atoms with Gasteiger partial charge in [-0.15, -0.1) is 0 Å². The monoisotopic (exact) mass is 207 g/mol. The minimum atomic E-state index is 0.00764. The summed E-state index contributed by atoms with van der Waals surface area (Å²) in [5, 5.41) is 0. The Bertz CT molecular complexity index is 348. The van der Waals surface area contributed by atoms with Crippen LogP contribution in [0.4, 0.5) is 0 Å². The van der Waals surface area contributed by atoms with Gasteiger partial charge in [-0.3, -0.25) is 4.42 Å². The molecule has 0 radical (unpaired) electrons. The summed E-state index contributed by atoms with van der Waals surface area (Å²) >= 11 is 0. The van der Waals surface area contributed by atoms with Gasteiger partial charge in [-0.2, -0.15) is 0 Å². The van der Waals surface area contributed by atoms with Crippen molar-refractivity contribution in [2.75, 3.05) is 7.11 Å². The first-order valence-corrected chi connectivity index (χ1v) is 5.26. The number of allylic oxidation sites excluding steroid dienone is 4. The Morgan fingerprint density at radius 3 is 2.67 bits per heavy atom. The quantitative estimate of drug-likeness (QED) is 0.654. The normalized spacial score (nSPS) is 28.0. The molecule has 1 rings (SSSR count). The van der Waals surface area contributed by atoms with E-state index in [9.17, 15) is 4.79 Å². The van der Waals surface area contributed by atoms with Gasteiger partial charge < -0.3 is 4.79 Å². The molecule has 0 aromatic carbocycles. The van der Waals surface area contributed by atoms with Crippen molar-refractivity contribution in [3.05, 3.63) is 23.8 Å². The maximum Gasteiger partial charge on any atom is 0.342 e. The zero-order valence-electron chi connectivity index (χ0n) is 9.96. The minimum Gasteiger partial charge on any atom is -0.300 e. The van der Waals surface area contributed by atoms with Crippen molar-refractivity contribution in [2.45, 2.75) is 33.6 Å². The van der Waals surface area contributed by atoms with Crippen LogP contribution in [-0.4, -0.2) is 18.7 Å². The van der Waals surface area contributed by atoms with Gasteiger partial charge in [-0.05, 0) is 20.3 Å². The van der Waals surface area contributed by atoms with Crippen LogP contribution in [0, 0.1) is 5.41 Å². The molecule has 82 valence electrons. The minimum absolute atomic E-state index is 0.00764. The van der Waals surface area contributed by atoms with Crippen LogP contribution in [0.5, 0.6) is 0 Å². The van der Waals surface area contributed by atoms with Crippen molar-refractivity contribution in [3.63, 3.8) is 0 Å². The van der Waals surface area contributed by atoms with E-state index in [-0.39, 0.29) is 11.2 Å². The molecule has 0 bridgehead atoms. The van der Waals surface area contributed by atoms with Crippen LogP contribution in [0.15, 0.2) is 23.8 Å². The summed E-state index contributed by atoms with van der Waals surface area (Å²) in [5.41, 5.74) is 1.26. The Hall–Kier alpha value is -1.18. The van der Waals surface area contributed by atoms with Crippen molar-refractivity contribution in [1.29, 1.82) is 0 Å². The molecule has 0 N–H and O–H groups in total. The van der Waals surface area contributed by atoms with E-state index in [0.29, 0.717) is 6.42 Å². The lowest BCUT2D eigenvalue weighted by atomic mass is 9.75. The fourth-order valence-corrected chi connectivity index (χ4v) is 1.67. The molecule has 0 aliphatic heterocycles. The van der Waals surface area contributed by atoms with E-state index < -0.39 is 0 Å². The Morgan fingerprint density at radius 2 is 2.20 bits per heavy atom. The lowest BCUT2D eigenvalue weighted by Crippen LogP contribution is -2.20. The molecule has 0 saturated heterocycles. The number of hydrogen-bond acceptors (Lipinski definition) is 1. The summed E-state index contributed by atoms with van der Waals surface area (Å²) in [6, 6.07) is 0. The van der Waals surface area contributed by atoms with Gasteiger partial charge in [0.25, 0.3) is 7.11 Å². The predicted octanol–water partition coefficient (Wildman–Crippen LogP) is 2.61. The first-order valence-electron chi connectivity index (χ1n) is 5.26. The number of Topliss-reactive ketones (excluding diaryl/α,β-unsaturated/α-hetero) is 1. The van der Waals surface area contributed by atoms with Gasteiger partial charge in [0.15, 0.2) is 0 Å². The first kappa shape index (κ1) is 11.9. The smallest absolute Gasteiger partial charge is 0.300 e. The van der Waals surface area contributed by atoms with E-state index in [1.54, 1.807) is 14.0 Å². The predicted molar refractivity (Wildman–Crippen MR) is 61.9 cm³/mol. The highest BCUT2D eigenvalue weighted by atomic mass is 16.4. The van der Waals surface area contributed by atoms with Crippen molar-refractivity contribution in [1.82, 2.24) is 0 Å². The van der Waals surface area contributed by atoms with Gasteiger partial charge in [0.05, 0.1) is 0 Å².